The third kappa shape index (κ3) is 2.81. The molecule has 1 heterocycles. The number of nitrogens with one attached hydrogen (secondary N) is 2. The maximum absolute atomic E-state index is 13.7. The smallest absolute Gasteiger partial charge is 0.425 e. The van der Waals surface area contributed by atoms with E-state index in [1.165, 1.54) is 38.5 Å². The van der Waals surface area contributed by atoms with Crippen molar-refractivity contribution >= 4 is 11.8 Å². The third-order valence-corrected chi connectivity index (χ3v) is 3.88. The molecular weight excluding hydrogens is 355 g/mol. The van der Waals surface area contributed by atoms with E-state index in [0.717, 1.165) is 6.92 Å². The maximum atomic E-state index is 13.7. The highest BCUT2D eigenvalue weighted by Crippen LogP contribution is 2.41. The molecule has 1 unspecified atom stereocenters. The molecule has 0 radical (unpaired) electrons. The highest BCUT2D eigenvalue weighted by molar-refractivity contribution is 6.05. The molecule has 1 aromatic rings. The van der Waals surface area contributed by atoms with Crippen molar-refractivity contribution in [2.24, 2.45) is 0 Å². The maximum Gasteiger partial charge on any atom is 0.425 e. The summed E-state index contributed by atoms with van der Waals surface area (Å²) in [4.78, 5) is 24.6. The molecule has 0 aliphatic carbocycles. The Morgan fingerprint density at radius 2 is 1.96 bits per heavy atom. The summed E-state index contributed by atoms with van der Waals surface area (Å²) in [5.41, 5.74) is -4.94. The number of rotatable bonds is 4. The van der Waals surface area contributed by atoms with Crippen LogP contribution in [0.2, 0.25) is 0 Å². The fourth-order valence-corrected chi connectivity index (χ4v) is 2.57. The number of ether oxygens (including phenoxy) is 2. The van der Waals surface area contributed by atoms with Gasteiger partial charge >= 0.3 is 6.18 Å². The van der Waals surface area contributed by atoms with E-state index in [1.54, 1.807) is 5.32 Å². The number of nitrogens with zero attached hydrogens (tertiary/aromatic N) is 1. The molecule has 0 fully saturated rings. The molecule has 0 saturated heterocycles. The van der Waals surface area contributed by atoms with Crippen LogP contribution < -0.4 is 20.1 Å². The Labute approximate surface area is 146 Å². The highest BCUT2D eigenvalue weighted by atomic mass is 19.4. The number of benzene rings is 1. The summed E-state index contributed by atoms with van der Waals surface area (Å²) in [5, 5.41) is 12.7. The van der Waals surface area contributed by atoms with Crippen molar-refractivity contribution in [2.45, 2.75) is 18.6 Å². The van der Waals surface area contributed by atoms with Crippen LogP contribution in [0.5, 0.6) is 11.5 Å². The minimum atomic E-state index is -5.24. The van der Waals surface area contributed by atoms with Crippen molar-refractivity contribution in [3.8, 4) is 17.6 Å². The van der Waals surface area contributed by atoms with Gasteiger partial charge in [0.1, 0.15) is 11.5 Å². The first-order chi connectivity index (χ1) is 12.1. The lowest BCUT2D eigenvalue weighted by atomic mass is 9.89. The van der Waals surface area contributed by atoms with Gasteiger partial charge in [-0.2, -0.15) is 18.4 Å². The van der Waals surface area contributed by atoms with Gasteiger partial charge in [-0.25, -0.2) is 0 Å². The largest absolute Gasteiger partial charge is 0.497 e. The van der Waals surface area contributed by atoms with Crippen LogP contribution in [-0.2, 0) is 4.79 Å². The Bertz CT molecular complexity index is 842. The summed E-state index contributed by atoms with van der Waals surface area (Å²) in [7, 11) is 2.58. The van der Waals surface area contributed by atoms with Crippen LogP contribution in [-0.4, -0.2) is 37.7 Å². The van der Waals surface area contributed by atoms with Gasteiger partial charge < -0.3 is 20.1 Å². The molecule has 7 nitrogen and oxygen atoms in total. The lowest BCUT2D eigenvalue weighted by molar-refractivity contribution is -0.184. The second-order valence-corrected chi connectivity index (χ2v) is 5.33. The zero-order valence-electron chi connectivity index (χ0n) is 13.9. The first-order valence-electron chi connectivity index (χ1n) is 7.16. The summed E-state index contributed by atoms with van der Waals surface area (Å²) in [6, 6.07) is 5.19. The van der Waals surface area contributed by atoms with Gasteiger partial charge in [0.2, 0.25) is 0 Å². The Balaban J connectivity index is 2.54. The van der Waals surface area contributed by atoms with Crippen LogP contribution in [0.25, 0.3) is 0 Å². The van der Waals surface area contributed by atoms with E-state index in [2.05, 4.69) is 0 Å². The second kappa shape index (κ2) is 6.59. The van der Waals surface area contributed by atoms with Gasteiger partial charge in [-0.05, 0) is 19.1 Å². The van der Waals surface area contributed by atoms with Crippen molar-refractivity contribution in [2.75, 3.05) is 14.2 Å². The van der Waals surface area contributed by atoms with Crippen LogP contribution in [0.3, 0.4) is 0 Å². The van der Waals surface area contributed by atoms with E-state index in [0.29, 0.717) is 5.75 Å². The standard InChI is InChI=1S/C16H14F3N3O4/c1-8-11(7-20)15(14(24)21-8,16(17,18)19)22-13(23)10-5-4-9(25-2)6-12(10)26-3/h4-6H,1-3H3,(H,21,24)(H,22,23). The van der Waals surface area contributed by atoms with Gasteiger partial charge in [0.15, 0.2) is 0 Å². The first kappa shape index (κ1) is 19.1. The average molecular weight is 369 g/mol. The van der Waals surface area contributed by atoms with Gasteiger partial charge in [-0.3, -0.25) is 9.59 Å². The molecule has 2 rings (SSSR count). The number of nitriles is 1. The topological polar surface area (TPSA) is 100 Å². The van der Waals surface area contributed by atoms with Gasteiger partial charge in [-0.15, -0.1) is 0 Å². The van der Waals surface area contributed by atoms with E-state index in [-0.39, 0.29) is 17.0 Å². The van der Waals surface area contributed by atoms with Crippen molar-refractivity contribution in [3.63, 3.8) is 0 Å². The average Bonchev–Trinajstić information content (AvgIpc) is 2.83. The SMILES string of the molecule is COc1ccc(C(=O)NC2(C(F)(F)F)C(=O)NC(C)=C2C#N)c(OC)c1. The van der Waals surface area contributed by atoms with E-state index < -0.39 is 29.1 Å². The molecule has 26 heavy (non-hydrogen) atoms. The highest BCUT2D eigenvalue weighted by Gasteiger charge is 2.67. The number of hydrogen-bond acceptors (Lipinski definition) is 5. The Morgan fingerprint density at radius 3 is 2.46 bits per heavy atom. The minimum Gasteiger partial charge on any atom is -0.497 e. The number of halogens is 3. The van der Waals surface area contributed by atoms with Gasteiger partial charge in [0.25, 0.3) is 17.4 Å². The second-order valence-electron chi connectivity index (χ2n) is 5.33. The Morgan fingerprint density at radius 1 is 1.31 bits per heavy atom. The molecule has 1 aliphatic rings. The molecule has 10 heteroatoms. The number of carbonyl (C=O) groups is 2. The van der Waals surface area contributed by atoms with Gasteiger partial charge in [0.05, 0.1) is 31.4 Å². The summed E-state index contributed by atoms with van der Waals surface area (Å²) in [6.45, 7) is 1.14. The van der Waals surface area contributed by atoms with Crippen molar-refractivity contribution in [3.05, 3.63) is 35.0 Å². The summed E-state index contributed by atoms with van der Waals surface area (Å²) in [6.07, 6.45) is -5.24. The van der Waals surface area contributed by atoms with Gasteiger partial charge in [-0.1, -0.05) is 0 Å². The number of allylic oxidation sites excluding steroid dienone is 1. The Kier molecular flexibility index (Phi) is 4.84. The zero-order chi connectivity index (χ0) is 19.7. The molecule has 0 aromatic heterocycles. The molecule has 1 aliphatic heterocycles. The molecular formula is C16H14F3N3O4. The summed E-state index contributed by atoms with van der Waals surface area (Å²) in [5.74, 6) is -2.54. The monoisotopic (exact) mass is 369 g/mol. The molecule has 138 valence electrons. The fraction of sp³-hybridized carbons (Fsp3) is 0.312. The lowest BCUT2D eigenvalue weighted by Gasteiger charge is -2.30. The molecule has 0 saturated carbocycles. The van der Waals surface area contributed by atoms with Crippen LogP contribution in [0.1, 0.15) is 17.3 Å². The first-order valence-corrected chi connectivity index (χ1v) is 7.16. The third-order valence-electron chi connectivity index (χ3n) is 3.88. The molecule has 0 bridgehead atoms. The number of methoxy groups -OCH3 is 2. The lowest BCUT2D eigenvalue weighted by Crippen LogP contribution is -2.64. The molecule has 1 aromatic carbocycles. The van der Waals surface area contributed by atoms with E-state index in [4.69, 9.17) is 14.7 Å². The predicted molar refractivity (Wildman–Crippen MR) is 82.3 cm³/mol. The van der Waals surface area contributed by atoms with Crippen molar-refractivity contribution in [1.82, 2.24) is 10.6 Å². The molecule has 1 atom stereocenters. The van der Waals surface area contributed by atoms with E-state index in [1.807, 2.05) is 5.32 Å². The summed E-state index contributed by atoms with van der Waals surface area (Å²) < 4.78 is 51.2. The quantitative estimate of drug-likeness (QED) is 0.841. The Hall–Kier alpha value is -3.22. The minimum absolute atomic E-state index is 0.0585. The van der Waals surface area contributed by atoms with E-state index in [9.17, 15) is 22.8 Å². The van der Waals surface area contributed by atoms with Crippen LogP contribution >= 0.6 is 0 Å². The van der Waals surface area contributed by atoms with Crippen molar-refractivity contribution in [1.29, 1.82) is 5.26 Å². The number of carbonyl (C=O) groups excluding carboxylic acids is 2. The number of hydrogen-bond donors (Lipinski definition) is 2. The zero-order valence-corrected chi connectivity index (χ0v) is 13.9. The molecule has 0 spiro atoms. The van der Waals surface area contributed by atoms with Crippen molar-refractivity contribution < 1.29 is 32.2 Å². The predicted octanol–water partition coefficient (Wildman–Crippen LogP) is 1.66. The molecule has 2 N–H and O–H groups in total. The van der Waals surface area contributed by atoms with E-state index >= 15 is 0 Å². The number of alkyl halides is 3. The normalized spacial score (nSPS) is 19.7. The van der Waals surface area contributed by atoms with Crippen LogP contribution in [0.15, 0.2) is 29.5 Å². The van der Waals surface area contributed by atoms with Gasteiger partial charge in [0, 0.05) is 11.8 Å². The molecule has 2 amide bonds. The fourth-order valence-electron chi connectivity index (χ4n) is 2.57. The van der Waals surface area contributed by atoms with Crippen LogP contribution in [0, 0.1) is 11.3 Å². The number of amides is 2. The summed E-state index contributed by atoms with van der Waals surface area (Å²) >= 11 is 0. The van der Waals surface area contributed by atoms with Crippen LogP contribution in [0.4, 0.5) is 13.2 Å².